The molecule has 1 unspecified atom stereocenters. The van der Waals surface area contributed by atoms with Crippen LogP contribution in [0.2, 0.25) is 0 Å². The lowest BCUT2D eigenvalue weighted by Crippen LogP contribution is -2.36. The number of hydrogen-bond donors (Lipinski definition) is 1. The first-order valence-corrected chi connectivity index (χ1v) is 4.49. The summed E-state index contributed by atoms with van der Waals surface area (Å²) in [4.78, 5) is 0. The van der Waals surface area contributed by atoms with Gasteiger partial charge >= 0.3 is 0 Å². The molecule has 0 bridgehead atoms. The minimum atomic E-state index is 0.418. The molecule has 0 amide bonds. The first-order valence-electron chi connectivity index (χ1n) is 4.49. The van der Waals surface area contributed by atoms with E-state index in [0.29, 0.717) is 25.3 Å². The third-order valence-electron chi connectivity index (χ3n) is 1.42. The summed E-state index contributed by atoms with van der Waals surface area (Å²) in [6.45, 7) is 8.49. The number of ether oxygens (including phenoxy) is 2. The van der Waals surface area contributed by atoms with Crippen molar-refractivity contribution in [3.05, 3.63) is 0 Å². The highest BCUT2D eigenvalue weighted by atomic mass is 16.5. The van der Waals surface area contributed by atoms with E-state index in [1.54, 1.807) is 7.11 Å². The second-order valence-electron chi connectivity index (χ2n) is 3.29. The Morgan fingerprint density at radius 1 is 1.17 bits per heavy atom. The van der Waals surface area contributed by atoms with Gasteiger partial charge < -0.3 is 14.8 Å². The van der Waals surface area contributed by atoms with Crippen LogP contribution in [0, 0.1) is 0 Å². The maximum Gasteiger partial charge on any atom is 0.0701 e. The third kappa shape index (κ3) is 7.98. The standard InChI is InChI=1S/C9H21NO2/c1-8(2)10-9(3)7-12-6-5-11-4/h8-10H,5-7H2,1-4H3. The molecule has 0 aliphatic rings. The maximum atomic E-state index is 5.35. The van der Waals surface area contributed by atoms with Crippen LogP contribution in [0.4, 0.5) is 0 Å². The smallest absolute Gasteiger partial charge is 0.0701 e. The molecule has 0 aromatic rings. The van der Waals surface area contributed by atoms with Crippen LogP contribution in [0.5, 0.6) is 0 Å². The van der Waals surface area contributed by atoms with Crippen LogP contribution >= 0.6 is 0 Å². The van der Waals surface area contributed by atoms with E-state index >= 15 is 0 Å². The molecule has 1 N–H and O–H groups in total. The van der Waals surface area contributed by atoms with Crippen LogP contribution < -0.4 is 5.32 Å². The Morgan fingerprint density at radius 3 is 2.33 bits per heavy atom. The molecule has 0 aliphatic carbocycles. The summed E-state index contributed by atoms with van der Waals surface area (Å²) >= 11 is 0. The molecule has 0 fully saturated rings. The molecule has 0 aromatic heterocycles. The van der Waals surface area contributed by atoms with Gasteiger partial charge in [0.2, 0.25) is 0 Å². The lowest BCUT2D eigenvalue weighted by molar-refractivity contribution is 0.0600. The maximum absolute atomic E-state index is 5.35. The van der Waals surface area contributed by atoms with Crippen LogP contribution in [-0.4, -0.2) is 39.0 Å². The molecule has 0 spiro atoms. The van der Waals surface area contributed by atoms with Gasteiger partial charge in [-0.15, -0.1) is 0 Å². The highest BCUT2D eigenvalue weighted by Gasteiger charge is 2.02. The van der Waals surface area contributed by atoms with Gasteiger partial charge in [-0.1, -0.05) is 13.8 Å². The molecule has 1 atom stereocenters. The molecule has 3 heteroatoms. The van der Waals surface area contributed by atoms with Crippen LogP contribution in [0.15, 0.2) is 0 Å². The van der Waals surface area contributed by atoms with Gasteiger partial charge in [0.15, 0.2) is 0 Å². The molecule has 74 valence electrons. The summed E-state index contributed by atoms with van der Waals surface area (Å²) in [5, 5.41) is 3.35. The van der Waals surface area contributed by atoms with Crippen molar-refractivity contribution in [2.24, 2.45) is 0 Å². The summed E-state index contributed by atoms with van der Waals surface area (Å²) in [6.07, 6.45) is 0. The van der Waals surface area contributed by atoms with Gasteiger partial charge in [-0.3, -0.25) is 0 Å². The first-order chi connectivity index (χ1) is 5.66. The SMILES string of the molecule is COCCOCC(C)NC(C)C. The Labute approximate surface area is 75.4 Å². The summed E-state index contributed by atoms with van der Waals surface area (Å²) in [5.74, 6) is 0. The van der Waals surface area contributed by atoms with E-state index in [1.165, 1.54) is 0 Å². The summed E-state index contributed by atoms with van der Waals surface area (Å²) in [5.41, 5.74) is 0. The number of hydrogen-bond acceptors (Lipinski definition) is 3. The minimum absolute atomic E-state index is 0.418. The summed E-state index contributed by atoms with van der Waals surface area (Å²) in [6, 6.07) is 0.938. The zero-order valence-corrected chi connectivity index (χ0v) is 8.59. The molecule has 0 radical (unpaired) electrons. The van der Waals surface area contributed by atoms with Crippen molar-refractivity contribution in [1.29, 1.82) is 0 Å². The fourth-order valence-corrected chi connectivity index (χ4v) is 1.02. The van der Waals surface area contributed by atoms with Crippen LogP contribution in [0.3, 0.4) is 0 Å². The molecule has 0 rings (SSSR count). The Kier molecular flexibility index (Phi) is 7.45. The average molecular weight is 175 g/mol. The summed E-state index contributed by atoms with van der Waals surface area (Å²) < 4.78 is 10.2. The van der Waals surface area contributed by atoms with Crippen LogP contribution in [0.1, 0.15) is 20.8 Å². The van der Waals surface area contributed by atoms with Crippen molar-refractivity contribution in [2.45, 2.75) is 32.9 Å². The first kappa shape index (κ1) is 11.9. The molecular formula is C9H21NO2. The third-order valence-corrected chi connectivity index (χ3v) is 1.42. The normalized spacial score (nSPS) is 13.8. The number of rotatable bonds is 7. The van der Waals surface area contributed by atoms with E-state index in [9.17, 15) is 0 Å². The van der Waals surface area contributed by atoms with Crippen molar-refractivity contribution in [3.8, 4) is 0 Å². The van der Waals surface area contributed by atoms with Gasteiger partial charge in [0.05, 0.1) is 19.8 Å². The Balaban J connectivity index is 3.14. The van der Waals surface area contributed by atoms with Gasteiger partial charge in [-0.25, -0.2) is 0 Å². The molecular weight excluding hydrogens is 154 g/mol. The highest BCUT2D eigenvalue weighted by Crippen LogP contribution is 1.87. The van der Waals surface area contributed by atoms with E-state index in [4.69, 9.17) is 9.47 Å². The topological polar surface area (TPSA) is 30.5 Å². The molecule has 0 saturated heterocycles. The van der Waals surface area contributed by atoms with E-state index in [1.807, 2.05) is 0 Å². The lowest BCUT2D eigenvalue weighted by Gasteiger charge is -2.16. The van der Waals surface area contributed by atoms with Crippen molar-refractivity contribution in [1.82, 2.24) is 5.32 Å². The average Bonchev–Trinajstić information content (AvgIpc) is 1.97. The molecule has 3 nitrogen and oxygen atoms in total. The predicted molar refractivity (Wildman–Crippen MR) is 50.4 cm³/mol. The molecule has 12 heavy (non-hydrogen) atoms. The second-order valence-corrected chi connectivity index (χ2v) is 3.29. The largest absolute Gasteiger partial charge is 0.382 e. The van der Waals surface area contributed by atoms with Crippen molar-refractivity contribution >= 4 is 0 Å². The van der Waals surface area contributed by atoms with Gasteiger partial charge in [0, 0.05) is 19.2 Å². The molecule has 0 aromatic carbocycles. The summed E-state index contributed by atoms with van der Waals surface area (Å²) in [7, 11) is 1.68. The van der Waals surface area contributed by atoms with Gasteiger partial charge in [0.25, 0.3) is 0 Å². The van der Waals surface area contributed by atoms with Crippen LogP contribution in [0.25, 0.3) is 0 Å². The lowest BCUT2D eigenvalue weighted by atomic mass is 10.3. The zero-order valence-electron chi connectivity index (χ0n) is 8.59. The second kappa shape index (κ2) is 7.53. The quantitative estimate of drug-likeness (QED) is 0.586. The van der Waals surface area contributed by atoms with Crippen molar-refractivity contribution in [3.63, 3.8) is 0 Å². The number of methoxy groups -OCH3 is 1. The fourth-order valence-electron chi connectivity index (χ4n) is 1.02. The molecule has 0 saturated carbocycles. The fraction of sp³-hybridized carbons (Fsp3) is 1.00. The molecule has 0 aliphatic heterocycles. The Bertz CT molecular complexity index is 96.5. The van der Waals surface area contributed by atoms with E-state index in [2.05, 4.69) is 26.1 Å². The molecule has 0 heterocycles. The number of nitrogens with one attached hydrogen (secondary N) is 1. The van der Waals surface area contributed by atoms with E-state index in [0.717, 1.165) is 6.61 Å². The van der Waals surface area contributed by atoms with E-state index in [-0.39, 0.29) is 0 Å². The minimum Gasteiger partial charge on any atom is -0.382 e. The van der Waals surface area contributed by atoms with Crippen LogP contribution in [-0.2, 0) is 9.47 Å². The highest BCUT2D eigenvalue weighted by molar-refractivity contribution is 4.62. The van der Waals surface area contributed by atoms with Crippen molar-refractivity contribution < 1.29 is 9.47 Å². The predicted octanol–water partition coefficient (Wildman–Crippen LogP) is 1.04. The van der Waals surface area contributed by atoms with Gasteiger partial charge in [-0.2, -0.15) is 0 Å². The van der Waals surface area contributed by atoms with Gasteiger partial charge in [-0.05, 0) is 6.92 Å². The Morgan fingerprint density at radius 2 is 1.83 bits per heavy atom. The van der Waals surface area contributed by atoms with Gasteiger partial charge in [0.1, 0.15) is 0 Å². The Hall–Kier alpha value is -0.120. The van der Waals surface area contributed by atoms with Crippen molar-refractivity contribution in [2.75, 3.05) is 26.9 Å². The van der Waals surface area contributed by atoms with E-state index < -0.39 is 0 Å². The monoisotopic (exact) mass is 175 g/mol. The zero-order chi connectivity index (χ0) is 9.40.